The third-order valence-corrected chi connectivity index (χ3v) is 2.18. The second-order valence-corrected chi connectivity index (χ2v) is 3.47. The summed E-state index contributed by atoms with van der Waals surface area (Å²) < 4.78 is 30.6. The van der Waals surface area contributed by atoms with Crippen molar-refractivity contribution in [3.63, 3.8) is 0 Å². The van der Waals surface area contributed by atoms with Gasteiger partial charge in [-0.05, 0) is 0 Å². The molecule has 1 N–H and O–H groups in total. The molecule has 0 spiro atoms. The van der Waals surface area contributed by atoms with Crippen LogP contribution in [0.15, 0.2) is 0 Å². The average molecular weight is 209 g/mol. The van der Waals surface area contributed by atoms with Crippen LogP contribution in [0.2, 0.25) is 0 Å². The molecule has 0 aromatic rings. The van der Waals surface area contributed by atoms with Gasteiger partial charge >= 0.3 is 5.97 Å². The fourth-order valence-electron chi connectivity index (χ4n) is 1.68. The van der Waals surface area contributed by atoms with Gasteiger partial charge in [0.15, 0.2) is 0 Å². The fraction of sp³-hybridized carbons (Fsp3) is 0.875. The number of ether oxygens (including phenoxy) is 1. The van der Waals surface area contributed by atoms with Crippen molar-refractivity contribution in [2.24, 2.45) is 0 Å². The van der Waals surface area contributed by atoms with E-state index in [0.717, 1.165) is 0 Å². The van der Waals surface area contributed by atoms with Crippen molar-refractivity contribution < 1.29 is 23.4 Å². The first kappa shape index (κ1) is 11.3. The SMILES string of the molecule is COCC1CC(F)(F)CN1CC(=O)O. The molecule has 0 amide bonds. The molecule has 1 unspecified atom stereocenters. The minimum atomic E-state index is -2.79. The van der Waals surface area contributed by atoms with Crippen molar-refractivity contribution in [3.05, 3.63) is 0 Å². The predicted octanol–water partition coefficient (Wildman–Crippen LogP) is 0.427. The van der Waals surface area contributed by atoms with E-state index in [-0.39, 0.29) is 19.6 Å². The highest BCUT2D eigenvalue weighted by Crippen LogP contribution is 2.31. The molecule has 0 aromatic carbocycles. The van der Waals surface area contributed by atoms with Crippen LogP contribution < -0.4 is 0 Å². The maximum atomic E-state index is 12.9. The van der Waals surface area contributed by atoms with Gasteiger partial charge in [-0.25, -0.2) is 8.78 Å². The van der Waals surface area contributed by atoms with Gasteiger partial charge in [0.2, 0.25) is 0 Å². The maximum absolute atomic E-state index is 12.9. The van der Waals surface area contributed by atoms with Crippen molar-refractivity contribution in [3.8, 4) is 0 Å². The van der Waals surface area contributed by atoms with Crippen molar-refractivity contribution in [1.29, 1.82) is 0 Å². The minimum Gasteiger partial charge on any atom is -0.480 e. The van der Waals surface area contributed by atoms with E-state index in [1.54, 1.807) is 0 Å². The summed E-state index contributed by atoms with van der Waals surface area (Å²) in [4.78, 5) is 11.6. The number of alkyl halides is 2. The van der Waals surface area contributed by atoms with Crippen LogP contribution in [-0.2, 0) is 9.53 Å². The number of methoxy groups -OCH3 is 1. The van der Waals surface area contributed by atoms with Crippen molar-refractivity contribution in [2.75, 3.05) is 26.8 Å². The summed E-state index contributed by atoms with van der Waals surface area (Å²) >= 11 is 0. The number of hydrogen-bond donors (Lipinski definition) is 1. The van der Waals surface area contributed by atoms with Gasteiger partial charge < -0.3 is 9.84 Å². The third-order valence-electron chi connectivity index (χ3n) is 2.18. The lowest BCUT2D eigenvalue weighted by molar-refractivity contribution is -0.138. The van der Waals surface area contributed by atoms with E-state index in [9.17, 15) is 13.6 Å². The van der Waals surface area contributed by atoms with Gasteiger partial charge in [0, 0.05) is 19.6 Å². The Morgan fingerprint density at radius 3 is 2.86 bits per heavy atom. The molecule has 1 aliphatic rings. The number of carbonyl (C=O) groups is 1. The second-order valence-electron chi connectivity index (χ2n) is 3.47. The van der Waals surface area contributed by atoms with E-state index in [1.807, 2.05) is 0 Å². The van der Waals surface area contributed by atoms with Crippen molar-refractivity contribution in [2.45, 2.75) is 18.4 Å². The largest absolute Gasteiger partial charge is 0.480 e. The molecule has 1 atom stereocenters. The molecular formula is C8H13F2NO3. The summed E-state index contributed by atoms with van der Waals surface area (Å²) in [6.07, 6.45) is -0.325. The Bertz CT molecular complexity index is 223. The van der Waals surface area contributed by atoms with Crippen LogP contribution in [0.4, 0.5) is 8.78 Å². The van der Waals surface area contributed by atoms with Crippen LogP contribution in [0.5, 0.6) is 0 Å². The molecule has 1 saturated heterocycles. The lowest BCUT2D eigenvalue weighted by Gasteiger charge is -2.20. The van der Waals surface area contributed by atoms with E-state index in [4.69, 9.17) is 9.84 Å². The predicted molar refractivity (Wildman–Crippen MR) is 44.4 cm³/mol. The van der Waals surface area contributed by atoms with Crippen LogP contribution in [0, 0.1) is 0 Å². The fourth-order valence-corrected chi connectivity index (χ4v) is 1.68. The Kier molecular flexibility index (Phi) is 3.38. The van der Waals surface area contributed by atoms with Crippen LogP contribution >= 0.6 is 0 Å². The molecule has 1 fully saturated rings. The summed E-state index contributed by atoms with van der Waals surface area (Å²) in [5, 5.41) is 8.50. The molecule has 14 heavy (non-hydrogen) atoms. The van der Waals surface area contributed by atoms with E-state index in [1.165, 1.54) is 12.0 Å². The average Bonchev–Trinajstić information content (AvgIpc) is 2.25. The van der Waals surface area contributed by atoms with Gasteiger partial charge in [0.05, 0.1) is 19.7 Å². The molecule has 4 nitrogen and oxygen atoms in total. The van der Waals surface area contributed by atoms with E-state index in [0.29, 0.717) is 0 Å². The van der Waals surface area contributed by atoms with E-state index >= 15 is 0 Å². The molecule has 0 aliphatic carbocycles. The smallest absolute Gasteiger partial charge is 0.317 e. The van der Waals surface area contributed by atoms with Crippen LogP contribution in [0.25, 0.3) is 0 Å². The Morgan fingerprint density at radius 1 is 1.71 bits per heavy atom. The zero-order valence-corrected chi connectivity index (χ0v) is 7.87. The Morgan fingerprint density at radius 2 is 2.36 bits per heavy atom. The first-order valence-electron chi connectivity index (χ1n) is 4.27. The van der Waals surface area contributed by atoms with Gasteiger partial charge in [0.1, 0.15) is 0 Å². The standard InChI is InChI=1S/C8H13F2NO3/c1-14-4-6-2-8(9,10)5-11(6)3-7(12)13/h6H,2-5H2,1H3,(H,12,13). The van der Waals surface area contributed by atoms with E-state index < -0.39 is 24.5 Å². The molecule has 1 rings (SSSR count). The molecule has 0 saturated carbocycles. The van der Waals surface area contributed by atoms with Crippen molar-refractivity contribution >= 4 is 5.97 Å². The number of hydrogen-bond acceptors (Lipinski definition) is 3. The summed E-state index contributed by atoms with van der Waals surface area (Å²) in [6, 6.07) is -0.494. The van der Waals surface area contributed by atoms with Crippen LogP contribution in [0.3, 0.4) is 0 Å². The second kappa shape index (κ2) is 4.18. The number of likely N-dealkylation sites (tertiary alicyclic amines) is 1. The molecule has 6 heteroatoms. The molecule has 1 heterocycles. The Balaban J connectivity index is 2.57. The minimum absolute atomic E-state index is 0.142. The van der Waals surface area contributed by atoms with Crippen molar-refractivity contribution in [1.82, 2.24) is 4.90 Å². The zero-order chi connectivity index (χ0) is 10.8. The first-order chi connectivity index (χ1) is 6.44. The normalized spacial score (nSPS) is 26.6. The van der Waals surface area contributed by atoms with Gasteiger partial charge in [-0.2, -0.15) is 0 Å². The highest BCUT2D eigenvalue weighted by atomic mass is 19.3. The number of halogens is 2. The number of aliphatic carboxylic acids is 1. The quantitative estimate of drug-likeness (QED) is 0.729. The lowest BCUT2D eigenvalue weighted by Crippen LogP contribution is -2.37. The molecule has 0 radical (unpaired) electrons. The number of rotatable bonds is 4. The summed E-state index contributed by atoms with van der Waals surface area (Å²) in [7, 11) is 1.41. The summed E-state index contributed by atoms with van der Waals surface area (Å²) in [6.45, 7) is -0.709. The third kappa shape index (κ3) is 2.88. The van der Waals surface area contributed by atoms with Gasteiger partial charge in [0.25, 0.3) is 5.92 Å². The molecule has 1 aliphatic heterocycles. The highest BCUT2D eigenvalue weighted by Gasteiger charge is 2.45. The molecular weight excluding hydrogens is 196 g/mol. The zero-order valence-electron chi connectivity index (χ0n) is 7.87. The molecule has 0 bridgehead atoms. The summed E-state index contributed by atoms with van der Waals surface area (Å²) in [5.74, 6) is -3.89. The van der Waals surface area contributed by atoms with Gasteiger partial charge in [-0.15, -0.1) is 0 Å². The van der Waals surface area contributed by atoms with E-state index in [2.05, 4.69) is 0 Å². The number of nitrogens with zero attached hydrogens (tertiary/aromatic N) is 1. The molecule has 82 valence electrons. The van der Waals surface area contributed by atoms with Crippen LogP contribution in [-0.4, -0.2) is 54.7 Å². The maximum Gasteiger partial charge on any atom is 0.317 e. The Labute approximate surface area is 80.4 Å². The first-order valence-corrected chi connectivity index (χ1v) is 4.27. The number of carboxylic acid groups (broad SMARTS) is 1. The van der Waals surface area contributed by atoms with Gasteiger partial charge in [-0.1, -0.05) is 0 Å². The number of carboxylic acids is 1. The topological polar surface area (TPSA) is 49.8 Å². The monoisotopic (exact) mass is 209 g/mol. The lowest BCUT2D eigenvalue weighted by atomic mass is 10.2. The summed E-state index contributed by atoms with van der Waals surface area (Å²) in [5.41, 5.74) is 0. The highest BCUT2D eigenvalue weighted by molar-refractivity contribution is 5.69. The Hall–Kier alpha value is -0.750. The van der Waals surface area contributed by atoms with Gasteiger partial charge in [-0.3, -0.25) is 9.69 Å². The van der Waals surface area contributed by atoms with Crippen LogP contribution in [0.1, 0.15) is 6.42 Å². The molecule has 0 aromatic heterocycles.